The van der Waals surface area contributed by atoms with Crippen LogP contribution in [0.3, 0.4) is 0 Å². The van der Waals surface area contributed by atoms with Crippen LogP contribution in [0.25, 0.3) is 0 Å². The highest BCUT2D eigenvalue weighted by atomic mass is 19.2. The van der Waals surface area contributed by atoms with Gasteiger partial charge in [0.2, 0.25) is 5.91 Å². The third kappa shape index (κ3) is 2.15. The first-order valence-electron chi connectivity index (χ1n) is 4.31. The monoisotopic (exact) mass is 192 g/mol. The standard InChI is InChI=1S/C8H14F2N2O/c1-11(2)8(13)6-4-3-5-12(10)7(6)9/h6-7H,3-5H2,1-2H3. The summed E-state index contributed by atoms with van der Waals surface area (Å²) in [7, 11) is 3.10. The minimum absolute atomic E-state index is 0.0817. The molecule has 0 aromatic heterocycles. The summed E-state index contributed by atoms with van der Waals surface area (Å²) in [6.45, 7) is 0.0817. The van der Waals surface area contributed by atoms with E-state index >= 15 is 0 Å². The lowest BCUT2D eigenvalue weighted by Gasteiger charge is -2.30. The molecule has 0 spiro atoms. The lowest BCUT2D eigenvalue weighted by Crippen LogP contribution is -2.44. The number of amides is 1. The van der Waals surface area contributed by atoms with Gasteiger partial charge in [0.1, 0.15) is 0 Å². The summed E-state index contributed by atoms with van der Waals surface area (Å²) in [5.74, 6) is -1.18. The summed E-state index contributed by atoms with van der Waals surface area (Å²) in [5.41, 5.74) is 0. The summed E-state index contributed by atoms with van der Waals surface area (Å²) in [4.78, 5) is 12.6. The molecule has 2 atom stereocenters. The Morgan fingerprint density at radius 2 is 2.15 bits per heavy atom. The quantitative estimate of drug-likeness (QED) is 0.456. The van der Waals surface area contributed by atoms with Gasteiger partial charge >= 0.3 is 0 Å². The lowest BCUT2D eigenvalue weighted by atomic mass is 9.97. The Bertz CT molecular complexity index is 199. The summed E-state index contributed by atoms with van der Waals surface area (Å²) in [6, 6.07) is 0. The van der Waals surface area contributed by atoms with Gasteiger partial charge in [-0.1, -0.05) is 0 Å². The molecule has 0 radical (unpaired) electrons. The first-order chi connectivity index (χ1) is 6.04. The average Bonchev–Trinajstić information content (AvgIpc) is 2.08. The molecule has 1 rings (SSSR count). The molecule has 13 heavy (non-hydrogen) atoms. The topological polar surface area (TPSA) is 23.6 Å². The first-order valence-corrected chi connectivity index (χ1v) is 4.31. The maximum absolute atomic E-state index is 13.2. The zero-order valence-electron chi connectivity index (χ0n) is 7.83. The normalized spacial score (nSPS) is 30.2. The van der Waals surface area contributed by atoms with E-state index in [2.05, 4.69) is 0 Å². The summed E-state index contributed by atoms with van der Waals surface area (Å²) in [6.07, 6.45) is -0.816. The van der Waals surface area contributed by atoms with Crippen molar-refractivity contribution in [3.63, 3.8) is 0 Å². The van der Waals surface area contributed by atoms with Crippen molar-refractivity contribution in [3.8, 4) is 0 Å². The molecule has 5 heteroatoms. The van der Waals surface area contributed by atoms with Crippen molar-refractivity contribution in [1.29, 1.82) is 0 Å². The number of hydrogen-bond acceptors (Lipinski definition) is 2. The molecule has 2 unspecified atom stereocenters. The van der Waals surface area contributed by atoms with Crippen LogP contribution in [0.5, 0.6) is 0 Å². The van der Waals surface area contributed by atoms with E-state index in [0.717, 1.165) is 0 Å². The highest BCUT2D eigenvalue weighted by Crippen LogP contribution is 2.26. The Labute approximate surface area is 76.2 Å². The number of alkyl halides is 1. The zero-order valence-corrected chi connectivity index (χ0v) is 7.83. The number of carbonyl (C=O) groups is 1. The zero-order chi connectivity index (χ0) is 10.0. The minimum Gasteiger partial charge on any atom is -0.348 e. The summed E-state index contributed by atoms with van der Waals surface area (Å²) < 4.78 is 25.9. The van der Waals surface area contributed by atoms with Gasteiger partial charge in [0.05, 0.1) is 5.92 Å². The predicted molar refractivity (Wildman–Crippen MR) is 44.1 cm³/mol. The Hall–Kier alpha value is -0.710. The van der Waals surface area contributed by atoms with Gasteiger partial charge in [0.15, 0.2) is 6.30 Å². The van der Waals surface area contributed by atoms with E-state index < -0.39 is 12.2 Å². The van der Waals surface area contributed by atoms with Crippen LogP contribution in [-0.2, 0) is 4.79 Å². The van der Waals surface area contributed by atoms with Gasteiger partial charge in [-0.15, -0.1) is 9.60 Å². The van der Waals surface area contributed by atoms with Gasteiger partial charge in [-0.2, -0.15) is 0 Å². The maximum atomic E-state index is 13.2. The second-order valence-electron chi connectivity index (χ2n) is 3.48. The molecule has 1 aliphatic rings. The van der Waals surface area contributed by atoms with Crippen LogP contribution in [0.15, 0.2) is 0 Å². The van der Waals surface area contributed by atoms with Gasteiger partial charge in [-0.3, -0.25) is 4.79 Å². The number of hydrogen-bond donors (Lipinski definition) is 0. The highest BCUT2D eigenvalue weighted by Gasteiger charge is 2.37. The Morgan fingerprint density at radius 1 is 1.54 bits per heavy atom. The number of rotatable bonds is 1. The molecular weight excluding hydrogens is 178 g/mol. The third-order valence-corrected chi connectivity index (χ3v) is 2.24. The molecule has 0 aromatic carbocycles. The minimum atomic E-state index is -1.77. The second kappa shape index (κ2) is 4.00. The molecule has 0 bridgehead atoms. The van der Waals surface area contributed by atoms with Gasteiger partial charge in [-0.05, 0) is 12.8 Å². The number of carbonyl (C=O) groups excluding carboxylic acids is 1. The number of piperidine rings is 1. The lowest BCUT2D eigenvalue weighted by molar-refractivity contribution is -0.159. The van der Waals surface area contributed by atoms with Crippen molar-refractivity contribution < 1.29 is 13.7 Å². The Balaban J connectivity index is 2.62. The van der Waals surface area contributed by atoms with E-state index in [1.54, 1.807) is 14.1 Å². The SMILES string of the molecule is CN(C)C(=O)C1CCCN(F)C1F. The fourth-order valence-electron chi connectivity index (χ4n) is 1.49. The van der Waals surface area contributed by atoms with Crippen molar-refractivity contribution in [2.75, 3.05) is 20.6 Å². The molecule has 1 heterocycles. The van der Waals surface area contributed by atoms with Crippen molar-refractivity contribution in [3.05, 3.63) is 0 Å². The largest absolute Gasteiger partial charge is 0.348 e. The molecule has 0 N–H and O–H groups in total. The maximum Gasteiger partial charge on any atom is 0.229 e. The molecular formula is C8H14F2N2O. The highest BCUT2D eigenvalue weighted by molar-refractivity contribution is 5.78. The molecule has 0 saturated carbocycles. The van der Waals surface area contributed by atoms with E-state index in [9.17, 15) is 13.7 Å². The fourth-order valence-corrected chi connectivity index (χ4v) is 1.49. The smallest absolute Gasteiger partial charge is 0.229 e. The number of halogens is 2. The van der Waals surface area contributed by atoms with Crippen molar-refractivity contribution in [2.45, 2.75) is 19.1 Å². The van der Waals surface area contributed by atoms with Crippen LogP contribution in [0.2, 0.25) is 0 Å². The van der Waals surface area contributed by atoms with Crippen molar-refractivity contribution in [1.82, 2.24) is 10.0 Å². The van der Waals surface area contributed by atoms with Crippen LogP contribution in [0.1, 0.15) is 12.8 Å². The Morgan fingerprint density at radius 3 is 2.69 bits per heavy atom. The molecule has 1 amide bonds. The average molecular weight is 192 g/mol. The molecule has 1 aliphatic heterocycles. The van der Waals surface area contributed by atoms with Crippen LogP contribution in [0.4, 0.5) is 8.87 Å². The molecule has 1 fully saturated rings. The van der Waals surface area contributed by atoms with E-state index in [-0.39, 0.29) is 17.6 Å². The summed E-state index contributed by atoms with van der Waals surface area (Å²) >= 11 is 0. The van der Waals surface area contributed by atoms with E-state index in [1.165, 1.54) is 4.90 Å². The fraction of sp³-hybridized carbons (Fsp3) is 0.875. The molecule has 0 aromatic rings. The van der Waals surface area contributed by atoms with Gasteiger partial charge < -0.3 is 4.90 Å². The van der Waals surface area contributed by atoms with Crippen LogP contribution in [-0.4, -0.2) is 42.9 Å². The number of nitrogens with zero attached hydrogens (tertiary/aromatic N) is 2. The predicted octanol–water partition coefficient (Wildman–Crippen LogP) is 0.967. The first kappa shape index (κ1) is 10.4. The molecule has 0 aliphatic carbocycles. The van der Waals surface area contributed by atoms with Gasteiger partial charge in [-0.25, -0.2) is 4.39 Å². The van der Waals surface area contributed by atoms with Crippen molar-refractivity contribution >= 4 is 5.91 Å². The van der Waals surface area contributed by atoms with Gasteiger partial charge in [0, 0.05) is 20.6 Å². The summed E-state index contributed by atoms with van der Waals surface area (Å²) in [5, 5.41) is 0.107. The van der Waals surface area contributed by atoms with Gasteiger partial charge in [0.25, 0.3) is 0 Å². The second-order valence-corrected chi connectivity index (χ2v) is 3.48. The van der Waals surface area contributed by atoms with E-state index in [0.29, 0.717) is 12.8 Å². The van der Waals surface area contributed by atoms with E-state index in [4.69, 9.17) is 0 Å². The Kier molecular flexibility index (Phi) is 3.19. The van der Waals surface area contributed by atoms with Crippen LogP contribution >= 0.6 is 0 Å². The molecule has 3 nitrogen and oxygen atoms in total. The molecule has 76 valence electrons. The van der Waals surface area contributed by atoms with Crippen molar-refractivity contribution in [2.24, 2.45) is 5.92 Å². The van der Waals surface area contributed by atoms with Crippen LogP contribution in [0, 0.1) is 5.92 Å². The third-order valence-electron chi connectivity index (χ3n) is 2.24. The molecule has 1 saturated heterocycles. The van der Waals surface area contributed by atoms with E-state index in [1.807, 2.05) is 0 Å². The van der Waals surface area contributed by atoms with Crippen LogP contribution < -0.4 is 0 Å².